The quantitative estimate of drug-likeness (QED) is 0.616. The molecule has 1 aromatic rings. The zero-order valence-electron chi connectivity index (χ0n) is 10.4. The first-order valence-corrected chi connectivity index (χ1v) is 5.92. The fourth-order valence-electron chi connectivity index (χ4n) is 2.05. The topological polar surface area (TPSA) is 46.6 Å². The van der Waals surface area contributed by atoms with E-state index in [1.54, 1.807) is 6.92 Å². The lowest BCUT2D eigenvalue weighted by atomic mass is 10.1. The summed E-state index contributed by atoms with van der Waals surface area (Å²) in [4.78, 5) is 24.6. The summed E-state index contributed by atoms with van der Waals surface area (Å²) in [7, 11) is 0. The second kappa shape index (κ2) is 5.34. The number of esters is 1. The molecule has 1 unspecified atom stereocenters. The molecule has 0 aromatic heterocycles. The first kappa shape index (κ1) is 13.5. The minimum Gasteiger partial charge on any atom is -0.465 e. The van der Waals surface area contributed by atoms with Gasteiger partial charge in [0.1, 0.15) is 17.6 Å². The molecule has 0 amide bonds. The summed E-state index contributed by atoms with van der Waals surface area (Å²) in [6, 6.07) is 3.00. The fraction of sp³-hybridized carbons (Fsp3) is 0.385. The van der Waals surface area contributed by atoms with E-state index in [-0.39, 0.29) is 31.2 Å². The van der Waals surface area contributed by atoms with Gasteiger partial charge in [-0.2, -0.15) is 0 Å². The van der Waals surface area contributed by atoms with Crippen molar-refractivity contribution in [2.24, 2.45) is 5.92 Å². The number of nitrogens with zero attached hydrogens (tertiary/aromatic N) is 1. The van der Waals surface area contributed by atoms with Crippen LogP contribution in [0.5, 0.6) is 0 Å². The van der Waals surface area contributed by atoms with Crippen molar-refractivity contribution < 1.29 is 23.1 Å². The number of carbonyl (C=O) groups is 2. The Morgan fingerprint density at radius 1 is 1.47 bits per heavy atom. The standard InChI is InChI=1S/C13H13F2NO3/c1-2-19-13(18)9-6-16(7-12(9)17)11-5-8(14)3-4-10(11)15/h3-5,9H,2,6-7H2,1H3. The van der Waals surface area contributed by atoms with Crippen molar-refractivity contribution in [3.8, 4) is 0 Å². The number of anilines is 1. The highest BCUT2D eigenvalue weighted by atomic mass is 19.1. The molecule has 102 valence electrons. The molecule has 0 aliphatic carbocycles. The van der Waals surface area contributed by atoms with Gasteiger partial charge in [-0.05, 0) is 19.1 Å². The van der Waals surface area contributed by atoms with Crippen LogP contribution in [0.25, 0.3) is 0 Å². The van der Waals surface area contributed by atoms with E-state index in [9.17, 15) is 18.4 Å². The van der Waals surface area contributed by atoms with Crippen molar-refractivity contribution in [2.45, 2.75) is 6.92 Å². The fourth-order valence-corrected chi connectivity index (χ4v) is 2.05. The number of hydrogen-bond donors (Lipinski definition) is 0. The van der Waals surface area contributed by atoms with E-state index >= 15 is 0 Å². The Morgan fingerprint density at radius 2 is 2.21 bits per heavy atom. The maximum atomic E-state index is 13.6. The molecule has 0 N–H and O–H groups in total. The molecular formula is C13H13F2NO3. The molecular weight excluding hydrogens is 256 g/mol. The van der Waals surface area contributed by atoms with Gasteiger partial charge in [0.05, 0.1) is 18.8 Å². The molecule has 0 spiro atoms. The van der Waals surface area contributed by atoms with Crippen LogP contribution in [-0.4, -0.2) is 31.4 Å². The largest absolute Gasteiger partial charge is 0.465 e. The third kappa shape index (κ3) is 2.72. The van der Waals surface area contributed by atoms with Crippen molar-refractivity contribution in [3.63, 3.8) is 0 Å². The molecule has 1 heterocycles. The molecule has 19 heavy (non-hydrogen) atoms. The van der Waals surface area contributed by atoms with Gasteiger partial charge in [0.2, 0.25) is 0 Å². The van der Waals surface area contributed by atoms with Gasteiger partial charge in [-0.25, -0.2) is 8.78 Å². The van der Waals surface area contributed by atoms with E-state index in [1.165, 1.54) is 4.90 Å². The van der Waals surface area contributed by atoms with Crippen molar-refractivity contribution in [1.29, 1.82) is 0 Å². The number of ketones is 1. The summed E-state index contributed by atoms with van der Waals surface area (Å²) < 4.78 is 31.5. The van der Waals surface area contributed by atoms with Crippen molar-refractivity contribution in [2.75, 3.05) is 24.6 Å². The second-order valence-corrected chi connectivity index (χ2v) is 4.25. The highest BCUT2D eigenvalue weighted by Crippen LogP contribution is 2.26. The van der Waals surface area contributed by atoms with Gasteiger partial charge in [-0.15, -0.1) is 0 Å². The van der Waals surface area contributed by atoms with Gasteiger partial charge in [0, 0.05) is 12.6 Å². The molecule has 0 radical (unpaired) electrons. The third-order valence-corrected chi connectivity index (χ3v) is 2.96. The molecule has 2 rings (SSSR count). The summed E-state index contributed by atoms with van der Waals surface area (Å²) in [5, 5.41) is 0. The molecule has 1 aromatic carbocycles. The molecule has 0 bridgehead atoms. The lowest BCUT2D eigenvalue weighted by molar-refractivity contribution is -0.149. The maximum Gasteiger partial charge on any atom is 0.318 e. The number of hydrogen-bond acceptors (Lipinski definition) is 4. The minimum absolute atomic E-state index is 0.0119. The first-order chi connectivity index (χ1) is 9.02. The molecule has 1 fully saturated rings. The van der Waals surface area contributed by atoms with Crippen LogP contribution in [0.2, 0.25) is 0 Å². The first-order valence-electron chi connectivity index (χ1n) is 5.92. The third-order valence-electron chi connectivity index (χ3n) is 2.96. The van der Waals surface area contributed by atoms with Crippen molar-refractivity contribution in [3.05, 3.63) is 29.8 Å². The Hall–Kier alpha value is -1.98. The average Bonchev–Trinajstić information content (AvgIpc) is 2.74. The predicted molar refractivity (Wildman–Crippen MR) is 63.7 cm³/mol. The van der Waals surface area contributed by atoms with Gasteiger partial charge in [0.25, 0.3) is 0 Å². The van der Waals surface area contributed by atoms with E-state index in [2.05, 4.69) is 0 Å². The van der Waals surface area contributed by atoms with E-state index in [0.29, 0.717) is 0 Å². The summed E-state index contributed by atoms with van der Waals surface area (Å²) in [5.74, 6) is -3.11. The van der Waals surface area contributed by atoms with Gasteiger partial charge in [-0.1, -0.05) is 0 Å². The van der Waals surface area contributed by atoms with Crippen molar-refractivity contribution in [1.82, 2.24) is 0 Å². The Labute approximate surface area is 109 Å². The highest BCUT2D eigenvalue weighted by Gasteiger charge is 2.38. The lowest BCUT2D eigenvalue weighted by Crippen LogP contribution is -2.26. The van der Waals surface area contributed by atoms with Gasteiger partial charge >= 0.3 is 5.97 Å². The summed E-state index contributed by atoms with van der Waals surface area (Å²) in [5.41, 5.74) is -0.0138. The predicted octanol–water partition coefficient (Wildman–Crippen LogP) is 1.53. The van der Waals surface area contributed by atoms with Crippen LogP contribution < -0.4 is 4.90 Å². The number of Topliss-reactive ketones (excluding diaryl/α,β-unsaturated/α-hetero) is 1. The molecule has 1 atom stereocenters. The van der Waals surface area contributed by atoms with Crippen LogP contribution >= 0.6 is 0 Å². The van der Waals surface area contributed by atoms with Gasteiger partial charge < -0.3 is 9.64 Å². The Morgan fingerprint density at radius 3 is 2.89 bits per heavy atom. The Kier molecular flexibility index (Phi) is 3.78. The monoisotopic (exact) mass is 269 g/mol. The second-order valence-electron chi connectivity index (χ2n) is 4.25. The zero-order valence-corrected chi connectivity index (χ0v) is 10.4. The minimum atomic E-state index is -0.928. The zero-order chi connectivity index (χ0) is 14.0. The Bertz CT molecular complexity index is 519. The summed E-state index contributed by atoms with van der Waals surface area (Å²) >= 11 is 0. The van der Waals surface area contributed by atoms with Crippen LogP contribution in [0.3, 0.4) is 0 Å². The van der Waals surface area contributed by atoms with Crippen LogP contribution in [-0.2, 0) is 14.3 Å². The van der Waals surface area contributed by atoms with Crippen LogP contribution in [0.15, 0.2) is 18.2 Å². The number of benzene rings is 1. The Balaban J connectivity index is 2.18. The normalized spacial score (nSPS) is 18.8. The number of rotatable bonds is 3. The van der Waals surface area contributed by atoms with Crippen molar-refractivity contribution >= 4 is 17.4 Å². The average molecular weight is 269 g/mol. The van der Waals surface area contributed by atoms with Crippen LogP contribution in [0, 0.1) is 17.6 Å². The van der Waals surface area contributed by atoms with Gasteiger partial charge in [-0.3, -0.25) is 9.59 Å². The molecule has 1 saturated heterocycles. The maximum absolute atomic E-state index is 13.6. The molecule has 1 aliphatic rings. The lowest BCUT2D eigenvalue weighted by Gasteiger charge is -2.18. The smallest absolute Gasteiger partial charge is 0.318 e. The van der Waals surface area contributed by atoms with Gasteiger partial charge in [0.15, 0.2) is 5.78 Å². The molecule has 1 aliphatic heterocycles. The number of ether oxygens (including phenoxy) is 1. The summed E-state index contributed by atoms with van der Waals surface area (Å²) in [6.45, 7) is 1.71. The SMILES string of the molecule is CCOC(=O)C1CN(c2cc(F)ccc2F)CC1=O. The summed E-state index contributed by atoms with van der Waals surface area (Å²) in [6.07, 6.45) is 0. The molecule has 6 heteroatoms. The van der Waals surface area contributed by atoms with Crippen LogP contribution in [0.4, 0.5) is 14.5 Å². The number of halogens is 2. The van der Waals surface area contributed by atoms with Crippen LogP contribution in [0.1, 0.15) is 6.92 Å². The van der Waals surface area contributed by atoms with E-state index in [1.807, 2.05) is 0 Å². The molecule has 4 nitrogen and oxygen atoms in total. The molecule has 0 saturated carbocycles. The highest BCUT2D eigenvalue weighted by molar-refractivity contribution is 6.04. The van der Waals surface area contributed by atoms with E-state index < -0.39 is 23.5 Å². The van der Waals surface area contributed by atoms with E-state index in [0.717, 1.165) is 18.2 Å². The van der Waals surface area contributed by atoms with E-state index in [4.69, 9.17) is 4.74 Å². The number of carbonyl (C=O) groups excluding carboxylic acids is 2.